The first-order chi connectivity index (χ1) is 24.7. The average molecular weight is 697 g/mol. The van der Waals surface area contributed by atoms with Crippen molar-refractivity contribution in [2.75, 3.05) is 26.3 Å². The summed E-state index contributed by atoms with van der Waals surface area (Å²) >= 11 is 0. The van der Waals surface area contributed by atoms with Crippen molar-refractivity contribution in [3.63, 3.8) is 0 Å². The number of hydrogen-bond acceptors (Lipinski definition) is 7. The molecular weight excluding hydrogens is 655 g/mol. The second-order valence-electron chi connectivity index (χ2n) is 12.0. The number of carbonyl (C=O) groups is 4. The monoisotopic (exact) mass is 696 g/mol. The molecule has 11 nitrogen and oxygen atoms in total. The molecule has 0 saturated heterocycles. The van der Waals surface area contributed by atoms with E-state index in [-0.39, 0.29) is 54.9 Å². The summed E-state index contributed by atoms with van der Waals surface area (Å²) in [6.07, 6.45) is -0.228. The lowest BCUT2D eigenvalue weighted by Gasteiger charge is -2.28. The number of ether oxygens (including phenoxy) is 3. The van der Waals surface area contributed by atoms with E-state index in [4.69, 9.17) is 14.2 Å². The number of halogens is 1. The first-order valence-electron chi connectivity index (χ1n) is 16.8. The molecule has 4 aromatic rings. The zero-order valence-electron chi connectivity index (χ0n) is 28.5. The molecule has 0 unspecified atom stereocenters. The van der Waals surface area contributed by atoms with Crippen LogP contribution in [-0.2, 0) is 20.8 Å². The van der Waals surface area contributed by atoms with Gasteiger partial charge >= 0.3 is 0 Å². The van der Waals surface area contributed by atoms with Crippen LogP contribution in [0.2, 0.25) is 0 Å². The molecule has 4 aromatic carbocycles. The molecule has 0 radical (unpaired) electrons. The number of hydrogen-bond donors (Lipinski definition) is 3. The van der Waals surface area contributed by atoms with Crippen LogP contribution in [0.5, 0.6) is 23.0 Å². The van der Waals surface area contributed by atoms with E-state index in [9.17, 15) is 23.6 Å². The van der Waals surface area contributed by atoms with Gasteiger partial charge in [-0.25, -0.2) is 4.39 Å². The Bertz CT molecular complexity index is 1810. The Kier molecular flexibility index (Phi) is 12.6. The van der Waals surface area contributed by atoms with E-state index >= 15 is 0 Å². The highest BCUT2D eigenvalue weighted by Gasteiger charge is 2.31. The maximum absolute atomic E-state index is 14.1. The van der Waals surface area contributed by atoms with Gasteiger partial charge in [-0.15, -0.1) is 0 Å². The lowest BCUT2D eigenvalue weighted by molar-refractivity contribution is -0.137. The van der Waals surface area contributed by atoms with Crippen molar-refractivity contribution in [2.45, 2.75) is 44.8 Å². The summed E-state index contributed by atoms with van der Waals surface area (Å²) in [5, 5.41) is 8.29. The van der Waals surface area contributed by atoms with Gasteiger partial charge in [-0.05, 0) is 55.8 Å². The number of amides is 4. The highest BCUT2D eigenvalue weighted by Crippen LogP contribution is 2.32. The molecule has 1 heterocycles. The summed E-state index contributed by atoms with van der Waals surface area (Å²) in [6, 6.07) is 25.7. The lowest BCUT2D eigenvalue weighted by atomic mass is 10.0. The molecule has 0 aliphatic carbocycles. The van der Waals surface area contributed by atoms with Gasteiger partial charge in [0.05, 0.1) is 24.6 Å². The fraction of sp³-hybridized carbons (Fsp3) is 0.282. The van der Waals surface area contributed by atoms with Crippen LogP contribution < -0.4 is 30.2 Å². The second-order valence-corrected chi connectivity index (χ2v) is 12.0. The number of likely N-dealkylation sites (N-methyl/N-ethyl adjacent to an activating group) is 1. The number of nitrogens with one attached hydrogen (secondary N) is 3. The van der Waals surface area contributed by atoms with Gasteiger partial charge in [-0.2, -0.15) is 0 Å². The van der Waals surface area contributed by atoms with E-state index in [0.717, 1.165) is 5.56 Å². The van der Waals surface area contributed by atoms with E-state index in [1.54, 1.807) is 60.4 Å². The fourth-order valence-electron chi connectivity index (χ4n) is 5.52. The Morgan fingerprint density at radius 3 is 2.39 bits per heavy atom. The van der Waals surface area contributed by atoms with Crippen molar-refractivity contribution >= 4 is 23.6 Å². The van der Waals surface area contributed by atoms with Gasteiger partial charge in [0.25, 0.3) is 5.91 Å². The number of nitrogens with zero attached hydrogens (tertiary/aromatic N) is 1. The topological polar surface area (TPSA) is 135 Å². The Labute approximate surface area is 296 Å². The van der Waals surface area contributed by atoms with Crippen LogP contribution in [0, 0.1) is 5.82 Å². The molecule has 51 heavy (non-hydrogen) atoms. The van der Waals surface area contributed by atoms with Crippen molar-refractivity contribution in [1.82, 2.24) is 20.9 Å². The Morgan fingerprint density at radius 2 is 1.65 bits per heavy atom. The average Bonchev–Trinajstić information content (AvgIpc) is 3.13. The van der Waals surface area contributed by atoms with Gasteiger partial charge in [0.1, 0.15) is 42.6 Å². The Morgan fingerprint density at radius 1 is 0.941 bits per heavy atom. The zero-order chi connectivity index (χ0) is 36.2. The quantitative estimate of drug-likeness (QED) is 0.220. The van der Waals surface area contributed by atoms with Crippen LogP contribution in [-0.4, -0.2) is 73.0 Å². The molecule has 3 N–H and O–H groups in total. The third-order valence-electron chi connectivity index (χ3n) is 8.13. The van der Waals surface area contributed by atoms with E-state index in [1.165, 1.54) is 18.2 Å². The number of rotatable bonds is 10. The predicted molar refractivity (Wildman–Crippen MR) is 188 cm³/mol. The molecule has 1 aliphatic rings. The minimum Gasteiger partial charge on any atom is -0.491 e. The van der Waals surface area contributed by atoms with Crippen molar-refractivity contribution < 1.29 is 37.8 Å². The smallest absolute Gasteiger partial charge is 0.255 e. The summed E-state index contributed by atoms with van der Waals surface area (Å²) in [6.45, 7) is 4.17. The van der Waals surface area contributed by atoms with Crippen molar-refractivity contribution in [1.29, 1.82) is 0 Å². The number of benzene rings is 4. The van der Waals surface area contributed by atoms with E-state index in [1.807, 2.05) is 43.3 Å². The maximum Gasteiger partial charge on any atom is 0.255 e. The molecule has 0 bridgehead atoms. The molecule has 266 valence electrons. The minimum atomic E-state index is -1.33. The van der Waals surface area contributed by atoms with Crippen LogP contribution in [0.4, 0.5) is 4.39 Å². The summed E-state index contributed by atoms with van der Waals surface area (Å²) < 4.78 is 31.8. The number of fused-ring (bicyclic) bond motifs is 1. The molecule has 0 aromatic heterocycles. The Hall–Kier alpha value is -5.91. The highest BCUT2D eigenvalue weighted by molar-refractivity contribution is 6.01. The van der Waals surface area contributed by atoms with Crippen molar-refractivity contribution in [2.24, 2.45) is 0 Å². The molecule has 4 amide bonds. The normalized spacial score (nSPS) is 17.5. The molecule has 0 saturated carbocycles. The van der Waals surface area contributed by atoms with Crippen LogP contribution in [0.3, 0.4) is 0 Å². The third-order valence-corrected chi connectivity index (χ3v) is 8.13. The lowest BCUT2D eigenvalue weighted by Crippen LogP contribution is -2.54. The van der Waals surface area contributed by atoms with Gasteiger partial charge in [-0.3, -0.25) is 19.2 Å². The molecule has 5 rings (SSSR count). The summed E-state index contributed by atoms with van der Waals surface area (Å²) in [5.41, 5.74) is 1.01. The summed E-state index contributed by atoms with van der Waals surface area (Å²) in [5.74, 6) is -1.51. The zero-order valence-corrected chi connectivity index (χ0v) is 28.5. The fourth-order valence-corrected chi connectivity index (χ4v) is 5.52. The predicted octanol–water partition coefficient (Wildman–Crippen LogP) is 4.66. The van der Waals surface area contributed by atoms with E-state index in [0.29, 0.717) is 12.3 Å². The first-order valence-corrected chi connectivity index (χ1v) is 16.8. The third kappa shape index (κ3) is 10.3. The van der Waals surface area contributed by atoms with E-state index < -0.39 is 48.1 Å². The van der Waals surface area contributed by atoms with Crippen molar-refractivity contribution in [3.8, 4) is 23.0 Å². The van der Waals surface area contributed by atoms with Gasteiger partial charge in [0.2, 0.25) is 17.7 Å². The van der Waals surface area contributed by atoms with Gasteiger partial charge < -0.3 is 35.1 Å². The van der Waals surface area contributed by atoms with Crippen LogP contribution >= 0.6 is 0 Å². The van der Waals surface area contributed by atoms with Gasteiger partial charge in [0, 0.05) is 19.0 Å². The first kappa shape index (κ1) is 36.4. The molecule has 3 atom stereocenters. The largest absolute Gasteiger partial charge is 0.491 e. The van der Waals surface area contributed by atoms with Crippen molar-refractivity contribution in [3.05, 3.63) is 120 Å². The van der Waals surface area contributed by atoms with Gasteiger partial charge in [0.15, 0.2) is 11.5 Å². The van der Waals surface area contributed by atoms with Crippen LogP contribution in [0.25, 0.3) is 0 Å². The van der Waals surface area contributed by atoms with E-state index in [2.05, 4.69) is 16.0 Å². The second kappa shape index (κ2) is 17.7. The number of carbonyl (C=O) groups excluding carboxylic acids is 4. The van der Waals surface area contributed by atoms with Gasteiger partial charge in [-0.1, -0.05) is 60.7 Å². The SMILES string of the molecule is CCN1CCOc2ccccc2C(=O)N[C@H](C(=O)N[C@H](C)COc2ccc(F)cc2Oc2ccccc2)CC(=O)N[C@@H](Cc2ccccc2)C1=O. The van der Waals surface area contributed by atoms with Crippen LogP contribution in [0.15, 0.2) is 103 Å². The Balaban J connectivity index is 1.33. The standard InChI is InChI=1S/C39H41FN4O7/c1-3-44-20-21-49-33-17-11-10-16-30(33)37(46)43-31(24-36(45)42-32(39(44)48)22-27-12-6-4-7-13-27)38(47)41-26(2)25-50-34-19-18-28(40)23-35(34)51-29-14-8-5-9-15-29/h4-19,23,26,31-32H,3,20-22,24-25H2,1-2H3,(H,41,47)(H,42,45)(H,43,46)/t26-,31+,32+/m1/s1. The number of para-hydroxylation sites is 2. The minimum absolute atomic E-state index is 0.0490. The molecular formula is C39H41FN4O7. The maximum atomic E-state index is 14.1. The van der Waals surface area contributed by atoms with Crippen LogP contribution in [0.1, 0.15) is 36.2 Å². The summed E-state index contributed by atoms with van der Waals surface area (Å²) in [4.78, 5) is 56.2. The summed E-state index contributed by atoms with van der Waals surface area (Å²) in [7, 11) is 0. The molecule has 0 spiro atoms. The molecule has 1 aliphatic heterocycles. The highest BCUT2D eigenvalue weighted by atomic mass is 19.1. The molecule has 0 fully saturated rings. The molecule has 12 heteroatoms.